The first-order chi connectivity index (χ1) is 20.9. The van der Waals surface area contributed by atoms with Crippen LogP contribution in [0.4, 0.5) is 11.6 Å². The van der Waals surface area contributed by atoms with E-state index < -0.39 is 17.1 Å². The summed E-state index contributed by atoms with van der Waals surface area (Å²) in [5.41, 5.74) is 9.46. The normalized spacial score (nSPS) is 22.6. The van der Waals surface area contributed by atoms with Gasteiger partial charge >= 0.3 is 5.97 Å². The summed E-state index contributed by atoms with van der Waals surface area (Å²) in [6.45, 7) is 10.6. The highest BCUT2D eigenvalue weighted by atomic mass is 16.6. The van der Waals surface area contributed by atoms with E-state index >= 15 is 0 Å². The van der Waals surface area contributed by atoms with E-state index in [-0.39, 0.29) is 30.0 Å². The summed E-state index contributed by atoms with van der Waals surface area (Å²) in [6.07, 6.45) is 4.53. The number of rotatable bonds is 8. The highest BCUT2D eigenvalue weighted by Crippen LogP contribution is 2.40. The molecule has 1 aliphatic carbocycles. The highest BCUT2D eigenvalue weighted by Gasteiger charge is 2.43. The number of nitrogens with zero attached hydrogens (tertiary/aromatic N) is 7. The number of methoxy groups -OCH3 is 1. The zero-order valence-corrected chi connectivity index (χ0v) is 25.7. The number of aromatic nitrogens is 3. The van der Waals surface area contributed by atoms with Gasteiger partial charge in [0.05, 0.1) is 28.3 Å². The second-order valence-electron chi connectivity index (χ2n) is 12.8. The van der Waals surface area contributed by atoms with Crippen LogP contribution in [0.5, 0.6) is 5.88 Å². The monoisotopic (exact) mass is 600 g/mol. The summed E-state index contributed by atoms with van der Waals surface area (Å²) in [4.78, 5) is 44.1. The summed E-state index contributed by atoms with van der Waals surface area (Å²) in [5, 5.41) is 8.68. The van der Waals surface area contributed by atoms with Crippen molar-refractivity contribution in [2.45, 2.75) is 76.7 Å². The summed E-state index contributed by atoms with van der Waals surface area (Å²) in [5.74, 6) is 1.00. The molecule has 0 radical (unpaired) electrons. The molecule has 3 aromatic heterocycles. The number of amides is 1. The smallest absolute Gasteiger partial charge is 0.340 e. The molecule has 1 saturated carbocycles. The Morgan fingerprint density at radius 2 is 1.91 bits per heavy atom. The van der Waals surface area contributed by atoms with Gasteiger partial charge in [-0.3, -0.25) is 4.79 Å². The van der Waals surface area contributed by atoms with E-state index in [0.717, 1.165) is 5.39 Å². The van der Waals surface area contributed by atoms with Crippen molar-refractivity contribution in [2.24, 2.45) is 11.0 Å². The Labute approximate surface area is 254 Å². The average molecular weight is 601 g/mol. The van der Waals surface area contributed by atoms with Crippen LogP contribution in [-0.4, -0.2) is 69.7 Å². The number of anilines is 2. The van der Waals surface area contributed by atoms with E-state index in [9.17, 15) is 15.1 Å². The third-order valence-electron chi connectivity index (χ3n) is 9.11. The van der Waals surface area contributed by atoms with E-state index in [0.29, 0.717) is 65.7 Å². The van der Waals surface area contributed by atoms with Gasteiger partial charge in [0.15, 0.2) is 0 Å². The highest BCUT2D eigenvalue weighted by molar-refractivity contribution is 5.93. The molecule has 44 heavy (non-hydrogen) atoms. The molecule has 1 amide bonds. The molecule has 6 rings (SSSR count). The van der Waals surface area contributed by atoms with Crippen molar-refractivity contribution in [3.05, 3.63) is 57.9 Å². The Hall–Kier alpha value is -4.48. The summed E-state index contributed by atoms with van der Waals surface area (Å²) in [7, 11) is 1.66. The third kappa shape index (κ3) is 5.26. The Morgan fingerprint density at radius 1 is 1.16 bits per heavy atom. The fourth-order valence-electron chi connectivity index (χ4n) is 5.86. The van der Waals surface area contributed by atoms with Crippen molar-refractivity contribution in [2.75, 3.05) is 25.5 Å². The molecule has 5 heterocycles. The quantitative estimate of drug-likeness (QED) is 0.155. The van der Waals surface area contributed by atoms with Gasteiger partial charge in [-0.25, -0.2) is 19.7 Å². The molecule has 0 spiro atoms. The van der Waals surface area contributed by atoms with Crippen LogP contribution in [-0.2, 0) is 19.8 Å². The maximum absolute atomic E-state index is 12.7. The molecular weight excluding hydrogens is 564 g/mol. The largest absolute Gasteiger partial charge is 0.474 e. The Bertz CT molecular complexity index is 1690. The fourth-order valence-corrected chi connectivity index (χ4v) is 5.86. The lowest BCUT2D eigenvalue weighted by Gasteiger charge is -2.43. The Kier molecular flexibility index (Phi) is 7.33. The second kappa shape index (κ2) is 10.9. The van der Waals surface area contributed by atoms with Crippen LogP contribution in [0.25, 0.3) is 21.2 Å². The van der Waals surface area contributed by atoms with Gasteiger partial charge in [-0.15, -0.1) is 0 Å². The van der Waals surface area contributed by atoms with Gasteiger partial charge in [0, 0.05) is 49.3 Å². The molecule has 1 atom stereocenters. The first-order valence-corrected chi connectivity index (χ1v) is 14.7. The second-order valence-corrected chi connectivity index (χ2v) is 12.8. The predicted octanol–water partition coefficient (Wildman–Crippen LogP) is 5.38. The lowest BCUT2D eigenvalue weighted by atomic mass is 9.80. The van der Waals surface area contributed by atoms with Crippen molar-refractivity contribution in [3.8, 4) is 5.88 Å². The van der Waals surface area contributed by atoms with Crippen LogP contribution in [0, 0.1) is 5.92 Å². The minimum Gasteiger partial charge on any atom is -0.474 e. The molecular formula is C31H36N8O5. The minimum absolute atomic E-state index is 0.0690. The van der Waals surface area contributed by atoms with Crippen LogP contribution >= 0.6 is 0 Å². The van der Waals surface area contributed by atoms with Crippen LogP contribution in [0.15, 0.2) is 35.7 Å². The molecule has 3 aromatic rings. The minimum atomic E-state index is -0.909. The number of fused-ring (bicyclic) bond motifs is 2. The lowest BCUT2D eigenvalue weighted by Crippen LogP contribution is -2.58. The van der Waals surface area contributed by atoms with Gasteiger partial charge in [-0.05, 0) is 61.4 Å². The number of hydrogen-bond acceptors (Lipinski definition) is 10. The number of hydrogen-bond donors (Lipinski definition) is 1. The molecule has 13 heteroatoms. The third-order valence-corrected chi connectivity index (χ3v) is 9.11. The maximum atomic E-state index is 12.7. The number of nitrogens with one attached hydrogen (secondary N) is 1. The molecule has 230 valence electrons. The zero-order valence-electron chi connectivity index (χ0n) is 25.7. The molecule has 13 nitrogen and oxygen atoms in total. The number of esters is 1. The van der Waals surface area contributed by atoms with E-state index in [1.165, 1.54) is 0 Å². The van der Waals surface area contributed by atoms with Crippen LogP contribution in [0.2, 0.25) is 0 Å². The molecule has 1 N–H and O–H groups in total. The van der Waals surface area contributed by atoms with Crippen molar-refractivity contribution >= 4 is 34.3 Å². The zero-order chi connectivity index (χ0) is 31.4. The van der Waals surface area contributed by atoms with Crippen LogP contribution < -0.4 is 10.1 Å². The van der Waals surface area contributed by atoms with Gasteiger partial charge in [0.2, 0.25) is 11.8 Å². The Morgan fingerprint density at radius 3 is 2.61 bits per heavy atom. The van der Waals surface area contributed by atoms with Crippen LogP contribution in [0.1, 0.15) is 75.0 Å². The van der Waals surface area contributed by atoms with E-state index in [4.69, 9.17) is 19.2 Å². The van der Waals surface area contributed by atoms with E-state index in [1.54, 1.807) is 31.6 Å². The van der Waals surface area contributed by atoms with E-state index in [2.05, 4.69) is 25.3 Å². The number of ether oxygens (including phenoxy) is 3. The first kappa shape index (κ1) is 29.6. The summed E-state index contributed by atoms with van der Waals surface area (Å²) < 4.78 is 17.2. The molecule has 0 unspecified atom stereocenters. The maximum Gasteiger partial charge on any atom is 0.340 e. The van der Waals surface area contributed by atoms with E-state index in [1.807, 2.05) is 45.6 Å². The first-order valence-electron chi connectivity index (χ1n) is 14.7. The Balaban J connectivity index is 1.26. The number of azide groups is 1. The van der Waals surface area contributed by atoms with Gasteiger partial charge < -0.3 is 24.4 Å². The number of carbonyl (C=O) groups is 2. The topological polar surface area (TPSA) is 165 Å². The van der Waals surface area contributed by atoms with Gasteiger partial charge in [-0.2, -0.15) is 0 Å². The van der Waals surface area contributed by atoms with Crippen molar-refractivity contribution in [1.82, 2.24) is 19.9 Å². The van der Waals surface area contributed by atoms with Crippen molar-refractivity contribution in [1.29, 1.82) is 0 Å². The summed E-state index contributed by atoms with van der Waals surface area (Å²) >= 11 is 0. The number of cyclic esters (lactones) is 1. The van der Waals surface area contributed by atoms with Crippen molar-refractivity contribution in [3.63, 3.8) is 0 Å². The SMILES string of the molecule is COC1CN(C(=O)[C@H]2C[C@@H](Oc3ncc(C(C)(C)N=[N+]=[N-])c4cc(Nc5ccc6c(n5)[C@@H](C)C(C)(C)OC6=O)ncc34)C2)C1. The van der Waals surface area contributed by atoms with Crippen molar-refractivity contribution < 1.29 is 23.8 Å². The molecule has 0 bridgehead atoms. The van der Waals surface area contributed by atoms with Gasteiger partial charge in [0.25, 0.3) is 0 Å². The van der Waals surface area contributed by atoms with Crippen LogP contribution in [0.3, 0.4) is 0 Å². The number of likely N-dealkylation sites (tertiary alicyclic amines) is 1. The molecule has 1 saturated heterocycles. The molecule has 0 aromatic carbocycles. The molecule has 3 aliphatic rings. The van der Waals surface area contributed by atoms with Gasteiger partial charge in [0.1, 0.15) is 23.3 Å². The molecule has 2 fully saturated rings. The number of pyridine rings is 3. The molecule has 2 aliphatic heterocycles. The predicted molar refractivity (Wildman–Crippen MR) is 162 cm³/mol. The summed E-state index contributed by atoms with van der Waals surface area (Å²) in [6, 6.07) is 5.27. The standard InChI is InChI=1S/C31H36N8O5/c1-16-26-20(29(41)44-31(16,4)5)7-8-24(36-26)35-25-11-21-22(12-33-25)27(34-13-23(21)30(2,3)37-38-32)43-18-9-17(10-18)28(40)39-14-19(15-39)42-6/h7-8,11-13,16-19H,9-10,14-15H2,1-6H3,(H,33,35,36)/t16-,17-,18+/m1/s1. The average Bonchev–Trinajstić information content (AvgIpc) is 2.92. The number of carbonyl (C=O) groups excluding carboxylic acids is 2. The van der Waals surface area contributed by atoms with Gasteiger partial charge in [-0.1, -0.05) is 25.9 Å². The lowest BCUT2D eigenvalue weighted by molar-refractivity contribution is -0.153. The fraction of sp³-hybridized carbons (Fsp3) is 0.516.